The minimum absolute atomic E-state index is 0.0365. The average molecular weight is 391 g/mol. The van der Waals surface area contributed by atoms with Gasteiger partial charge in [0.2, 0.25) is 0 Å². The Balaban J connectivity index is 1.73. The molecule has 0 aliphatic rings. The fourth-order valence-corrected chi connectivity index (χ4v) is 4.23. The Kier molecular flexibility index (Phi) is 5.23. The van der Waals surface area contributed by atoms with Crippen LogP contribution < -0.4 is 4.90 Å². The number of carbonyl (C=O) groups is 1. The maximum atomic E-state index is 13.3. The highest BCUT2D eigenvalue weighted by Gasteiger charge is 2.21. The molecule has 0 spiro atoms. The summed E-state index contributed by atoms with van der Waals surface area (Å²) in [4.78, 5) is 20.9. The van der Waals surface area contributed by atoms with Crippen molar-refractivity contribution < 1.29 is 4.79 Å². The quantitative estimate of drug-likeness (QED) is 0.400. The van der Waals surface area contributed by atoms with Gasteiger partial charge in [-0.3, -0.25) is 9.69 Å². The van der Waals surface area contributed by atoms with E-state index < -0.39 is 0 Å². The second-order valence-corrected chi connectivity index (χ2v) is 7.96. The van der Waals surface area contributed by atoms with E-state index in [1.54, 1.807) is 28.0 Å². The molecule has 5 heteroatoms. The van der Waals surface area contributed by atoms with Crippen LogP contribution in [-0.4, -0.2) is 17.1 Å². The van der Waals surface area contributed by atoms with E-state index in [1.807, 2.05) is 85.1 Å². The summed E-state index contributed by atoms with van der Waals surface area (Å²) in [6, 6.07) is 25.7. The van der Waals surface area contributed by atoms with E-state index >= 15 is 0 Å². The number of fused-ring (bicyclic) bond motifs is 1. The minimum atomic E-state index is -0.0365. The molecule has 4 rings (SSSR count). The third-order valence-corrected chi connectivity index (χ3v) is 6.08. The highest BCUT2D eigenvalue weighted by molar-refractivity contribution is 7.98. The topological polar surface area (TPSA) is 33.2 Å². The van der Waals surface area contributed by atoms with E-state index in [-0.39, 0.29) is 5.91 Å². The first-order valence-corrected chi connectivity index (χ1v) is 10.6. The lowest BCUT2D eigenvalue weighted by Crippen LogP contribution is -2.30. The molecule has 0 aliphatic heterocycles. The van der Waals surface area contributed by atoms with Crippen LogP contribution in [0.5, 0.6) is 0 Å². The number of aromatic nitrogens is 1. The van der Waals surface area contributed by atoms with Gasteiger partial charge >= 0.3 is 0 Å². The van der Waals surface area contributed by atoms with Crippen molar-refractivity contribution in [2.24, 2.45) is 0 Å². The first-order valence-electron chi connectivity index (χ1n) is 8.60. The molecule has 1 heterocycles. The van der Waals surface area contributed by atoms with Crippen molar-refractivity contribution in [2.75, 3.05) is 11.2 Å². The van der Waals surface area contributed by atoms with Crippen LogP contribution in [0.4, 0.5) is 5.13 Å². The zero-order valence-electron chi connectivity index (χ0n) is 14.8. The summed E-state index contributed by atoms with van der Waals surface area (Å²) in [7, 11) is 0. The molecule has 4 aromatic rings. The number of hydrogen-bond donors (Lipinski definition) is 0. The van der Waals surface area contributed by atoms with Gasteiger partial charge in [-0.05, 0) is 48.2 Å². The molecule has 0 fully saturated rings. The Bertz CT molecular complexity index is 1030. The van der Waals surface area contributed by atoms with Gasteiger partial charge in [0.15, 0.2) is 5.13 Å². The van der Waals surface area contributed by atoms with Crippen LogP contribution >= 0.6 is 23.1 Å². The van der Waals surface area contributed by atoms with Gasteiger partial charge in [0, 0.05) is 10.5 Å². The number of hydrogen-bond acceptors (Lipinski definition) is 4. The largest absolute Gasteiger partial charge is 0.279 e. The molecule has 0 N–H and O–H groups in total. The molecule has 0 bridgehead atoms. The SMILES string of the molecule is CSc1ccc(C(=O)N(Cc2ccccc2)c2nc3ccccc3s2)cc1. The molecular formula is C22H18N2OS2. The Morgan fingerprint density at radius 3 is 2.37 bits per heavy atom. The van der Waals surface area contributed by atoms with Crippen molar-refractivity contribution in [2.45, 2.75) is 11.4 Å². The standard InChI is InChI=1S/C22H18N2OS2/c1-26-18-13-11-17(12-14-18)21(25)24(15-16-7-3-2-4-8-16)22-23-19-9-5-6-10-20(19)27-22/h2-14H,15H2,1H3. The van der Waals surface area contributed by atoms with Gasteiger partial charge in [-0.15, -0.1) is 11.8 Å². The van der Waals surface area contributed by atoms with Crippen LogP contribution in [-0.2, 0) is 6.54 Å². The number of carbonyl (C=O) groups excluding carboxylic acids is 1. The Hall–Kier alpha value is -2.63. The second kappa shape index (κ2) is 7.94. The van der Waals surface area contributed by atoms with Crippen LogP contribution in [0.1, 0.15) is 15.9 Å². The smallest absolute Gasteiger partial charge is 0.260 e. The first kappa shape index (κ1) is 17.8. The van der Waals surface area contributed by atoms with Crippen LogP contribution in [0.3, 0.4) is 0 Å². The Labute approximate surface area is 166 Å². The van der Waals surface area contributed by atoms with Gasteiger partial charge in [0.25, 0.3) is 5.91 Å². The van der Waals surface area contributed by atoms with Crippen molar-refractivity contribution >= 4 is 44.4 Å². The third kappa shape index (κ3) is 3.89. The molecular weight excluding hydrogens is 372 g/mol. The molecule has 3 aromatic carbocycles. The van der Waals surface area contributed by atoms with Crippen molar-refractivity contribution in [3.8, 4) is 0 Å². The fraction of sp³-hybridized carbons (Fsp3) is 0.0909. The number of para-hydroxylation sites is 1. The monoisotopic (exact) mass is 390 g/mol. The lowest BCUT2D eigenvalue weighted by Gasteiger charge is -2.20. The van der Waals surface area contributed by atoms with Gasteiger partial charge in [0.1, 0.15) is 0 Å². The van der Waals surface area contributed by atoms with Crippen LogP contribution in [0.25, 0.3) is 10.2 Å². The van der Waals surface area contributed by atoms with Crippen LogP contribution in [0.15, 0.2) is 83.8 Å². The van der Waals surface area contributed by atoms with E-state index in [0.29, 0.717) is 12.1 Å². The molecule has 1 amide bonds. The van der Waals surface area contributed by atoms with Crippen molar-refractivity contribution in [1.82, 2.24) is 4.98 Å². The molecule has 134 valence electrons. The molecule has 1 aromatic heterocycles. The molecule has 0 unspecified atom stereocenters. The number of amides is 1. The summed E-state index contributed by atoms with van der Waals surface area (Å²) < 4.78 is 1.08. The molecule has 0 aliphatic carbocycles. The van der Waals surface area contributed by atoms with Crippen molar-refractivity contribution in [3.05, 3.63) is 90.0 Å². The summed E-state index contributed by atoms with van der Waals surface area (Å²) in [5.74, 6) is -0.0365. The Morgan fingerprint density at radius 1 is 0.963 bits per heavy atom. The average Bonchev–Trinajstić information content (AvgIpc) is 3.16. The minimum Gasteiger partial charge on any atom is -0.279 e. The second-order valence-electron chi connectivity index (χ2n) is 6.07. The molecule has 0 saturated heterocycles. The maximum absolute atomic E-state index is 13.3. The predicted molar refractivity (Wildman–Crippen MR) is 115 cm³/mol. The maximum Gasteiger partial charge on any atom is 0.260 e. The van der Waals surface area contributed by atoms with Crippen LogP contribution in [0.2, 0.25) is 0 Å². The number of rotatable bonds is 5. The molecule has 3 nitrogen and oxygen atoms in total. The van der Waals surface area contributed by atoms with Crippen molar-refractivity contribution in [3.63, 3.8) is 0 Å². The van der Waals surface area contributed by atoms with Gasteiger partial charge in [-0.2, -0.15) is 0 Å². The van der Waals surface area contributed by atoms with E-state index in [2.05, 4.69) is 0 Å². The lowest BCUT2D eigenvalue weighted by molar-refractivity contribution is 0.0985. The number of anilines is 1. The zero-order chi connectivity index (χ0) is 18.6. The summed E-state index contributed by atoms with van der Waals surface area (Å²) in [5, 5.41) is 0.721. The Morgan fingerprint density at radius 2 is 1.67 bits per heavy atom. The summed E-state index contributed by atoms with van der Waals surface area (Å²) in [6.07, 6.45) is 2.03. The molecule has 0 atom stereocenters. The lowest BCUT2D eigenvalue weighted by atomic mass is 10.1. The number of nitrogens with zero attached hydrogens (tertiary/aromatic N) is 2. The fourth-order valence-electron chi connectivity index (χ4n) is 2.86. The van der Waals surface area contributed by atoms with Crippen molar-refractivity contribution in [1.29, 1.82) is 0 Å². The van der Waals surface area contributed by atoms with E-state index in [9.17, 15) is 4.79 Å². The number of thioether (sulfide) groups is 1. The summed E-state index contributed by atoms with van der Waals surface area (Å²) in [5.41, 5.74) is 2.66. The third-order valence-electron chi connectivity index (χ3n) is 4.28. The van der Waals surface area contributed by atoms with Gasteiger partial charge in [-0.25, -0.2) is 4.98 Å². The number of thiazole rings is 1. The number of benzene rings is 3. The van der Waals surface area contributed by atoms with Crippen LogP contribution in [0, 0.1) is 0 Å². The predicted octanol–water partition coefficient (Wildman–Crippen LogP) is 5.87. The summed E-state index contributed by atoms with van der Waals surface area (Å²) in [6.45, 7) is 0.490. The molecule has 0 radical (unpaired) electrons. The highest BCUT2D eigenvalue weighted by Crippen LogP contribution is 2.31. The molecule has 27 heavy (non-hydrogen) atoms. The van der Waals surface area contributed by atoms with E-state index in [0.717, 1.165) is 25.8 Å². The first-order chi connectivity index (χ1) is 13.2. The highest BCUT2D eigenvalue weighted by atomic mass is 32.2. The van der Waals surface area contributed by atoms with Gasteiger partial charge in [0.05, 0.1) is 16.8 Å². The van der Waals surface area contributed by atoms with E-state index in [1.165, 1.54) is 0 Å². The zero-order valence-corrected chi connectivity index (χ0v) is 16.5. The van der Waals surface area contributed by atoms with Gasteiger partial charge < -0.3 is 0 Å². The molecule has 0 saturated carbocycles. The summed E-state index contributed by atoms with van der Waals surface area (Å²) >= 11 is 3.21. The normalized spacial score (nSPS) is 10.9. The van der Waals surface area contributed by atoms with E-state index in [4.69, 9.17) is 4.98 Å². The van der Waals surface area contributed by atoms with Gasteiger partial charge in [-0.1, -0.05) is 53.8 Å².